The lowest BCUT2D eigenvalue weighted by Crippen LogP contribution is -2.20. The van der Waals surface area contributed by atoms with Crippen LogP contribution in [-0.2, 0) is 26.7 Å². The first-order valence-corrected chi connectivity index (χ1v) is 8.02. The number of nitrogens with zero attached hydrogens (tertiary/aromatic N) is 4. The van der Waals surface area contributed by atoms with Gasteiger partial charge in [0.2, 0.25) is 0 Å². The van der Waals surface area contributed by atoms with Crippen molar-refractivity contribution in [1.29, 1.82) is 0 Å². The topological polar surface area (TPSA) is 36.3 Å². The van der Waals surface area contributed by atoms with E-state index in [1.54, 1.807) is 0 Å². The zero-order valence-corrected chi connectivity index (χ0v) is 15.2. The summed E-state index contributed by atoms with van der Waals surface area (Å²) in [5.74, 6) is 1.16. The van der Waals surface area contributed by atoms with E-state index in [9.17, 15) is 0 Å². The summed E-state index contributed by atoms with van der Waals surface area (Å²) in [5.41, 5.74) is 5.09. The molecular formula is C18H29N5. The highest BCUT2D eigenvalue weighted by atomic mass is 15.4. The molecule has 0 spiro atoms. The Morgan fingerprint density at radius 3 is 2.30 bits per heavy atom. The van der Waals surface area contributed by atoms with Gasteiger partial charge in [-0.15, -0.1) is 0 Å². The van der Waals surface area contributed by atoms with Crippen LogP contribution in [0.3, 0.4) is 0 Å². The molecule has 0 fully saturated rings. The molecule has 0 radical (unpaired) electrons. The first kappa shape index (κ1) is 17.5. The molecule has 1 heterocycles. The fourth-order valence-corrected chi connectivity index (χ4v) is 3.00. The van der Waals surface area contributed by atoms with Gasteiger partial charge in [-0.25, -0.2) is 0 Å². The Morgan fingerprint density at radius 1 is 1.04 bits per heavy atom. The van der Waals surface area contributed by atoms with Crippen LogP contribution in [0.2, 0.25) is 0 Å². The predicted molar refractivity (Wildman–Crippen MR) is 96.6 cm³/mol. The molecule has 2 aromatic rings. The van der Waals surface area contributed by atoms with Gasteiger partial charge in [0.1, 0.15) is 5.82 Å². The fourth-order valence-electron chi connectivity index (χ4n) is 3.00. The molecule has 0 amide bonds. The van der Waals surface area contributed by atoms with Gasteiger partial charge in [0.15, 0.2) is 0 Å². The van der Waals surface area contributed by atoms with Crippen molar-refractivity contribution in [3.63, 3.8) is 0 Å². The van der Waals surface area contributed by atoms with Crippen LogP contribution < -0.4 is 10.2 Å². The van der Waals surface area contributed by atoms with E-state index in [0.29, 0.717) is 0 Å². The molecule has 1 N–H and O–H groups in total. The molecule has 0 bridgehead atoms. The van der Waals surface area contributed by atoms with Crippen molar-refractivity contribution >= 4 is 5.82 Å². The number of hydrogen-bond donors (Lipinski definition) is 1. The van der Waals surface area contributed by atoms with E-state index in [1.807, 2.05) is 11.7 Å². The van der Waals surface area contributed by atoms with E-state index >= 15 is 0 Å². The van der Waals surface area contributed by atoms with Crippen molar-refractivity contribution in [3.05, 3.63) is 46.6 Å². The van der Waals surface area contributed by atoms with Crippen LogP contribution in [-0.4, -0.2) is 42.9 Å². The summed E-state index contributed by atoms with van der Waals surface area (Å²) >= 11 is 0. The minimum Gasteiger partial charge on any atom is -0.363 e. The largest absolute Gasteiger partial charge is 0.363 e. The van der Waals surface area contributed by atoms with Gasteiger partial charge in [0.05, 0.1) is 5.69 Å². The molecule has 0 aliphatic carbocycles. The molecule has 1 aromatic heterocycles. The lowest BCUT2D eigenvalue weighted by atomic mass is 10.1. The first-order valence-electron chi connectivity index (χ1n) is 8.02. The molecular weight excluding hydrogens is 286 g/mol. The van der Waals surface area contributed by atoms with E-state index in [0.717, 1.165) is 31.1 Å². The summed E-state index contributed by atoms with van der Waals surface area (Å²) in [6.45, 7) is 4.73. The van der Waals surface area contributed by atoms with Crippen molar-refractivity contribution in [3.8, 4) is 0 Å². The van der Waals surface area contributed by atoms with Crippen LogP contribution in [0.5, 0.6) is 0 Å². The number of anilines is 1. The second-order valence-corrected chi connectivity index (χ2v) is 6.52. The maximum atomic E-state index is 4.54. The molecule has 0 atom stereocenters. The Hall–Kier alpha value is -1.85. The molecule has 5 nitrogen and oxygen atoms in total. The molecule has 0 unspecified atom stereocenters. The number of rotatable bonds is 7. The lowest BCUT2D eigenvalue weighted by molar-refractivity contribution is 0.400. The van der Waals surface area contributed by atoms with E-state index in [1.165, 1.54) is 16.7 Å². The molecule has 126 valence electrons. The number of hydrogen-bond acceptors (Lipinski definition) is 4. The van der Waals surface area contributed by atoms with Crippen LogP contribution in [0.4, 0.5) is 5.82 Å². The number of nitrogens with one attached hydrogen (secondary N) is 1. The van der Waals surface area contributed by atoms with Gasteiger partial charge in [0, 0.05) is 46.3 Å². The summed E-state index contributed by atoms with van der Waals surface area (Å²) < 4.78 is 1.95. The number of aryl methyl sites for hydroxylation is 2. The average molecular weight is 315 g/mol. The molecule has 5 heteroatoms. The van der Waals surface area contributed by atoms with Gasteiger partial charge in [-0.2, -0.15) is 5.10 Å². The molecule has 2 rings (SSSR count). The van der Waals surface area contributed by atoms with Gasteiger partial charge >= 0.3 is 0 Å². The van der Waals surface area contributed by atoms with Crippen molar-refractivity contribution in [2.24, 2.45) is 7.05 Å². The van der Waals surface area contributed by atoms with Crippen molar-refractivity contribution < 1.29 is 0 Å². The second-order valence-electron chi connectivity index (χ2n) is 6.52. The quantitative estimate of drug-likeness (QED) is 0.849. The fraction of sp³-hybridized carbons (Fsp3) is 0.500. The minimum absolute atomic E-state index is 0.823. The molecule has 0 aliphatic rings. The van der Waals surface area contributed by atoms with Gasteiger partial charge in [-0.05, 0) is 32.1 Å². The van der Waals surface area contributed by atoms with Crippen molar-refractivity contribution in [1.82, 2.24) is 20.0 Å². The standard InChI is InChI=1S/C18H29N5/c1-14-17(18(22(4)5)23(6)20-14)12-19-11-15-9-7-8-10-16(15)13-21(2)3/h7-10,19H,11-13H2,1-6H3. The van der Waals surface area contributed by atoms with Crippen LogP contribution in [0.15, 0.2) is 24.3 Å². The normalized spacial score (nSPS) is 11.3. The van der Waals surface area contributed by atoms with E-state index < -0.39 is 0 Å². The van der Waals surface area contributed by atoms with Gasteiger partial charge in [-0.1, -0.05) is 24.3 Å². The maximum Gasteiger partial charge on any atom is 0.130 e. The minimum atomic E-state index is 0.823. The third-order valence-electron chi connectivity index (χ3n) is 3.96. The highest BCUT2D eigenvalue weighted by Crippen LogP contribution is 2.21. The maximum absolute atomic E-state index is 4.54. The Kier molecular flexibility index (Phi) is 5.80. The van der Waals surface area contributed by atoms with Crippen molar-refractivity contribution in [2.45, 2.75) is 26.6 Å². The monoisotopic (exact) mass is 315 g/mol. The van der Waals surface area contributed by atoms with E-state index in [-0.39, 0.29) is 0 Å². The second kappa shape index (κ2) is 7.62. The summed E-state index contributed by atoms with van der Waals surface area (Å²) in [6, 6.07) is 8.63. The Bertz CT molecular complexity index is 643. The van der Waals surface area contributed by atoms with E-state index in [4.69, 9.17) is 0 Å². The summed E-state index contributed by atoms with van der Waals surface area (Å²) in [4.78, 5) is 4.32. The molecule has 23 heavy (non-hydrogen) atoms. The first-order chi connectivity index (χ1) is 10.9. The third kappa shape index (κ3) is 4.33. The lowest BCUT2D eigenvalue weighted by Gasteiger charge is -2.17. The Morgan fingerprint density at radius 2 is 1.70 bits per heavy atom. The van der Waals surface area contributed by atoms with Gasteiger partial charge in [0.25, 0.3) is 0 Å². The summed E-state index contributed by atoms with van der Waals surface area (Å²) in [5, 5.41) is 8.13. The average Bonchev–Trinajstić information content (AvgIpc) is 2.74. The van der Waals surface area contributed by atoms with Gasteiger partial charge in [-0.3, -0.25) is 4.68 Å². The zero-order chi connectivity index (χ0) is 17.0. The summed E-state index contributed by atoms with van der Waals surface area (Å²) in [6.07, 6.45) is 0. The zero-order valence-electron chi connectivity index (χ0n) is 15.2. The third-order valence-corrected chi connectivity index (χ3v) is 3.96. The summed E-state index contributed by atoms with van der Waals surface area (Å²) in [7, 11) is 10.3. The van der Waals surface area contributed by atoms with Gasteiger partial charge < -0.3 is 15.1 Å². The molecule has 0 aliphatic heterocycles. The smallest absolute Gasteiger partial charge is 0.130 e. The van der Waals surface area contributed by atoms with Crippen LogP contribution in [0.1, 0.15) is 22.4 Å². The number of aromatic nitrogens is 2. The molecule has 0 saturated carbocycles. The Labute approximate surface area is 139 Å². The SMILES string of the molecule is Cc1nn(C)c(N(C)C)c1CNCc1ccccc1CN(C)C. The van der Waals surface area contributed by atoms with Crippen molar-refractivity contribution in [2.75, 3.05) is 33.1 Å². The molecule has 0 saturated heterocycles. The highest BCUT2D eigenvalue weighted by Gasteiger charge is 2.14. The highest BCUT2D eigenvalue weighted by molar-refractivity contribution is 5.48. The van der Waals surface area contributed by atoms with E-state index in [2.05, 4.69) is 79.6 Å². The number of benzene rings is 1. The predicted octanol–water partition coefficient (Wildman–Crippen LogP) is 2.15. The van der Waals surface area contributed by atoms with Crippen LogP contribution in [0.25, 0.3) is 0 Å². The Balaban J connectivity index is 2.07. The van der Waals surface area contributed by atoms with Crippen LogP contribution >= 0.6 is 0 Å². The molecule has 1 aromatic carbocycles. The van der Waals surface area contributed by atoms with Crippen LogP contribution in [0, 0.1) is 6.92 Å².